The Morgan fingerprint density at radius 1 is 1.04 bits per heavy atom. The molecule has 10 heteroatoms. The molecule has 0 spiro atoms. The van der Waals surface area contributed by atoms with E-state index < -0.39 is 11.7 Å². The number of hydroxylamine groups is 1. The highest BCUT2D eigenvalue weighted by molar-refractivity contribution is 5.98. The van der Waals surface area contributed by atoms with Crippen LogP contribution in [0.5, 0.6) is 11.5 Å². The van der Waals surface area contributed by atoms with Gasteiger partial charge < -0.3 is 20.1 Å². The van der Waals surface area contributed by atoms with Crippen molar-refractivity contribution in [2.24, 2.45) is 0 Å². The Bertz CT molecular complexity index is 1800. The van der Waals surface area contributed by atoms with Gasteiger partial charge in [-0.1, -0.05) is 42.5 Å². The third kappa shape index (κ3) is 7.18. The largest absolute Gasteiger partial charge is 0.504 e. The molecule has 1 saturated heterocycles. The number of likely N-dealkylation sites (tertiary alicyclic amines) is 1. The Morgan fingerprint density at radius 3 is 2.51 bits per heavy atom. The summed E-state index contributed by atoms with van der Waals surface area (Å²) >= 11 is 0. The fourth-order valence-corrected chi connectivity index (χ4v) is 5.30. The quantitative estimate of drug-likeness (QED) is 0.116. The van der Waals surface area contributed by atoms with Crippen molar-refractivity contribution in [3.63, 3.8) is 0 Å². The second kappa shape index (κ2) is 13.9. The fraction of sp³-hybridized carbons (Fsp3) is 0.171. The lowest BCUT2D eigenvalue weighted by atomic mass is 9.91. The molecule has 0 aromatic heterocycles. The van der Waals surface area contributed by atoms with Crippen molar-refractivity contribution < 1.29 is 29.0 Å². The average molecular weight is 607 g/mol. The summed E-state index contributed by atoms with van der Waals surface area (Å²) in [4.78, 5) is 26.6. The van der Waals surface area contributed by atoms with Gasteiger partial charge in [-0.2, -0.15) is 5.26 Å². The molecule has 0 saturated carbocycles. The molecule has 9 nitrogen and oxygen atoms in total. The topological polar surface area (TPSA) is 135 Å². The van der Waals surface area contributed by atoms with Crippen LogP contribution in [-0.4, -0.2) is 53.3 Å². The molecule has 4 aromatic rings. The number of benzene rings is 4. The summed E-state index contributed by atoms with van der Waals surface area (Å²) in [5.41, 5.74) is 6.29. The van der Waals surface area contributed by atoms with Crippen molar-refractivity contribution >= 4 is 17.9 Å². The van der Waals surface area contributed by atoms with E-state index in [4.69, 9.17) is 9.94 Å². The van der Waals surface area contributed by atoms with Crippen molar-refractivity contribution in [2.75, 3.05) is 20.2 Å². The minimum Gasteiger partial charge on any atom is -0.504 e. The minimum absolute atomic E-state index is 0.0184. The highest BCUT2D eigenvalue weighted by Gasteiger charge is 2.27. The highest BCUT2D eigenvalue weighted by Crippen LogP contribution is 2.38. The molecule has 0 bridgehead atoms. The molecule has 228 valence electrons. The van der Waals surface area contributed by atoms with Gasteiger partial charge in [0, 0.05) is 37.3 Å². The van der Waals surface area contributed by atoms with Crippen molar-refractivity contribution in [2.45, 2.75) is 19.0 Å². The zero-order valence-electron chi connectivity index (χ0n) is 24.5. The van der Waals surface area contributed by atoms with Crippen LogP contribution in [0.2, 0.25) is 0 Å². The van der Waals surface area contributed by atoms with Gasteiger partial charge in [-0.15, -0.1) is 0 Å². The van der Waals surface area contributed by atoms with Gasteiger partial charge in [0.1, 0.15) is 11.9 Å². The third-order valence-electron chi connectivity index (χ3n) is 7.75. The van der Waals surface area contributed by atoms with Crippen LogP contribution < -0.4 is 15.5 Å². The van der Waals surface area contributed by atoms with Gasteiger partial charge >= 0.3 is 0 Å². The maximum atomic E-state index is 14.7. The first-order valence-corrected chi connectivity index (χ1v) is 14.2. The summed E-state index contributed by atoms with van der Waals surface area (Å²) in [6.07, 6.45) is 3.61. The number of amides is 2. The van der Waals surface area contributed by atoms with Gasteiger partial charge in [0.25, 0.3) is 11.8 Å². The van der Waals surface area contributed by atoms with Crippen molar-refractivity contribution in [3.8, 4) is 39.8 Å². The number of phenols is 1. The third-order valence-corrected chi connectivity index (χ3v) is 7.75. The molecule has 1 aliphatic rings. The van der Waals surface area contributed by atoms with Crippen molar-refractivity contribution in [3.05, 3.63) is 113 Å². The summed E-state index contributed by atoms with van der Waals surface area (Å²) in [6.45, 7) is 1.70. The molecular formula is C35H31FN4O5. The number of ether oxygens (including phenoxy) is 1. The Kier molecular flexibility index (Phi) is 9.53. The number of nitrogens with zero attached hydrogens (tertiary/aromatic N) is 2. The first kappa shape index (κ1) is 30.9. The molecule has 1 aliphatic heterocycles. The molecule has 45 heavy (non-hydrogen) atoms. The van der Waals surface area contributed by atoms with Gasteiger partial charge in [-0.25, -0.2) is 9.87 Å². The summed E-state index contributed by atoms with van der Waals surface area (Å²) in [5, 5.41) is 31.4. The number of carbonyl (C=O) groups is 2. The van der Waals surface area contributed by atoms with E-state index in [1.54, 1.807) is 52.9 Å². The smallest absolute Gasteiger partial charge is 0.267 e. The van der Waals surface area contributed by atoms with Crippen LogP contribution in [-0.2, 0) is 11.3 Å². The standard InChI is InChI=1S/C35H31FN4O5/c1-45-33-18-25(10-12-32(33)41)29-11-9-26(16-30(29)24-7-8-27(19-37)31(36)17-24)35(43)40-15-14-28(21-40)38-20-23-4-2-22(3-5-23)6-13-34(42)39-44/h2-13,16-18,28,38,41,44H,14-15,20-21H2,1H3,(H,39,42)/b13-6+/t28-/m0/s1. The lowest BCUT2D eigenvalue weighted by molar-refractivity contribution is -0.124. The second-order valence-corrected chi connectivity index (χ2v) is 10.6. The molecule has 0 radical (unpaired) electrons. The average Bonchev–Trinajstić information content (AvgIpc) is 3.55. The molecule has 0 unspecified atom stereocenters. The number of hydrogen-bond acceptors (Lipinski definition) is 7. The lowest BCUT2D eigenvalue weighted by Gasteiger charge is -2.19. The number of nitrogens with one attached hydrogen (secondary N) is 2. The van der Waals surface area contributed by atoms with Gasteiger partial charge in [-0.3, -0.25) is 14.8 Å². The Hall–Kier alpha value is -5.50. The van der Waals surface area contributed by atoms with E-state index in [-0.39, 0.29) is 29.0 Å². The van der Waals surface area contributed by atoms with Crippen LogP contribution in [0.15, 0.2) is 84.9 Å². The van der Waals surface area contributed by atoms with E-state index in [0.29, 0.717) is 47.5 Å². The van der Waals surface area contributed by atoms with Crippen LogP contribution in [0.3, 0.4) is 0 Å². The lowest BCUT2D eigenvalue weighted by Crippen LogP contribution is -2.34. The van der Waals surface area contributed by atoms with Crippen LogP contribution in [0.1, 0.15) is 33.5 Å². The zero-order valence-corrected chi connectivity index (χ0v) is 24.5. The van der Waals surface area contributed by atoms with E-state index in [0.717, 1.165) is 17.5 Å². The van der Waals surface area contributed by atoms with Crippen LogP contribution in [0, 0.1) is 17.1 Å². The molecule has 4 aromatic carbocycles. The molecule has 1 fully saturated rings. The first-order valence-electron chi connectivity index (χ1n) is 14.2. The van der Waals surface area contributed by atoms with Crippen LogP contribution in [0.4, 0.5) is 4.39 Å². The number of phenolic OH excluding ortho intramolecular Hbond substituents is 1. The molecule has 1 heterocycles. The number of methoxy groups -OCH3 is 1. The molecule has 5 rings (SSSR count). The SMILES string of the molecule is COc1cc(-c2ccc(C(=O)N3CC[C@H](NCc4ccc(/C=C/C(=O)NO)cc4)C3)cc2-c2ccc(C#N)c(F)c2)ccc1O. The van der Waals surface area contributed by atoms with Crippen LogP contribution >= 0.6 is 0 Å². The normalized spacial score (nSPS) is 14.4. The number of carbonyl (C=O) groups excluding carboxylic acids is 2. The number of halogens is 1. The molecule has 4 N–H and O–H groups in total. The predicted molar refractivity (Wildman–Crippen MR) is 167 cm³/mol. The Labute approximate surface area is 259 Å². The molecular weight excluding hydrogens is 575 g/mol. The van der Waals surface area contributed by atoms with Gasteiger partial charge in [0.05, 0.1) is 12.7 Å². The molecule has 1 atom stereocenters. The number of aromatic hydroxyl groups is 1. The fourth-order valence-electron chi connectivity index (χ4n) is 5.30. The van der Waals surface area contributed by atoms with E-state index in [1.165, 1.54) is 31.4 Å². The second-order valence-electron chi connectivity index (χ2n) is 10.6. The Balaban J connectivity index is 1.32. The van der Waals surface area contributed by atoms with E-state index >= 15 is 0 Å². The van der Waals surface area contributed by atoms with Gasteiger partial charge in [-0.05, 0) is 82.3 Å². The number of nitriles is 1. The summed E-state index contributed by atoms with van der Waals surface area (Å²) in [6, 6.07) is 24.1. The summed E-state index contributed by atoms with van der Waals surface area (Å²) in [5.74, 6) is -1.15. The van der Waals surface area contributed by atoms with E-state index in [9.17, 15) is 24.3 Å². The van der Waals surface area contributed by atoms with E-state index in [1.807, 2.05) is 30.3 Å². The first-order chi connectivity index (χ1) is 21.8. The van der Waals surface area contributed by atoms with E-state index in [2.05, 4.69) is 5.32 Å². The summed E-state index contributed by atoms with van der Waals surface area (Å²) < 4.78 is 20.0. The zero-order chi connectivity index (χ0) is 31.9. The van der Waals surface area contributed by atoms with Crippen molar-refractivity contribution in [1.29, 1.82) is 5.26 Å². The predicted octanol–water partition coefficient (Wildman–Crippen LogP) is 5.27. The highest BCUT2D eigenvalue weighted by atomic mass is 19.1. The van der Waals surface area contributed by atoms with Gasteiger partial charge in [0.15, 0.2) is 11.5 Å². The van der Waals surface area contributed by atoms with Gasteiger partial charge in [0.2, 0.25) is 0 Å². The number of rotatable bonds is 9. The molecule has 0 aliphatic carbocycles. The number of hydrogen-bond donors (Lipinski definition) is 4. The maximum absolute atomic E-state index is 14.7. The summed E-state index contributed by atoms with van der Waals surface area (Å²) in [7, 11) is 1.45. The maximum Gasteiger partial charge on any atom is 0.267 e. The Morgan fingerprint density at radius 2 is 1.80 bits per heavy atom. The van der Waals surface area contributed by atoms with Crippen molar-refractivity contribution in [1.82, 2.24) is 15.7 Å². The monoisotopic (exact) mass is 606 g/mol. The van der Waals surface area contributed by atoms with Crippen LogP contribution in [0.25, 0.3) is 28.3 Å². The molecule has 2 amide bonds. The minimum atomic E-state index is -0.658.